The van der Waals surface area contributed by atoms with Crippen LogP contribution < -0.4 is 16.0 Å². The summed E-state index contributed by atoms with van der Waals surface area (Å²) < 4.78 is 4.90. The molecule has 1 aromatic carbocycles. The van der Waals surface area contributed by atoms with E-state index in [1.165, 1.54) is 0 Å². The van der Waals surface area contributed by atoms with E-state index in [-0.39, 0.29) is 12.5 Å². The summed E-state index contributed by atoms with van der Waals surface area (Å²) in [5.74, 6) is -0.0524. The van der Waals surface area contributed by atoms with Gasteiger partial charge in [0.1, 0.15) is 0 Å². The minimum Gasteiger partial charge on any atom is -0.397 e. The Bertz CT molecular complexity index is 630. The number of aromatic nitrogens is 1. The molecule has 0 aliphatic carbocycles. The number of ether oxygens (including phenoxy) is 1. The number of pyridine rings is 1. The summed E-state index contributed by atoms with van der Waals surface area (Å²) >= 11 is 0. The number of benzene rings is 1. The topological polar surface area (TPSA) is 80.5 Å². The molecule has 0 radical (unpaired) electrons. The molecule has 0 aliphatic rings. The highest BCUT2D eigenvalue weighted by molar-refractivity contribution is 5.99. The molecule has 0 unspecified atom stereocenters. The van der Waals surface area contributed by atoms with Crippen LogP contribution in [0.2, 0.25) is 0 Å². The average Bonchev–Trinajstić information content (AvgIpc) is 2.48. The third kappa shape index (κ3) is 3.61. The molecule has 2 aromatic rings. The van der Waals surface area contributed by atoms with Gasteiger partial charge in [0.25, 0.3) is 0 Å². The molecule has 3 N–H and O–H groups in total. The number of nitrogens with one attached hydrogen (secondary N) is 1. The summed E-state index contributed by atoms with van der Waals surface area (Å²) in [5, 5.41) is 3.73. The Morgan fingerprint density at radius 2 is 2.24 bits per heavy atom. The van der Waals surface area contributed by atoms with E-state index in [0.717, 1.165) is 16.6 Å². The number of nitrogens with zero attached hydrogens (tertiary/aromatic N) is 2. The molecule has 1 aromatic heterocycles. The third-order valence-electron chi connectivity index (χ3n) is 3.20. The quantitative estimate of drug-likeness (QED) is 0.612. The van der Waals surface area contributed by atoms with Crippen molar-refractivity contribution < 1.29 is 9.53 Å². The smallest absolute Gasteiger partial charge is 0.239 e. The Morgan fingerprint density at radius 1 is 1.43 bits per heavy atom. The maximum atomic E-state index is 11.9. The van der Waals surface area contributed by atoms with Gasteiger partial charge >= 0.3 is 0 Å². The van der Waals surface area contributed by atoms with Crippen molar-refractivity contribution >= 4 is 28.2 Å². The van der Waals surface area contributed by atoms with Gasteiger partial charge in [-0.05, 0) is 24.3 Å². The fraction of sp³-hybridized carbons (Fsp3) is 0.333. The number of amides is 1. The monoisotopic (exact) mass is 288 g/mol. The molecule has 0 aliphatic heterocycles. The number of fused-ring (bicyclic) bond motifs is 1. The molecule has 0 atom stereocenters. The molecule has 6 heteroatoms. The standard InChI is InChI=1S/C15H20N4O2/c1-19(10-14(20)17-8-9-21-2)13-6-5-12(16)15-11(13)4-3-7-18-15/h3-7H,8-10,16H2,1-2H3,(H,17,20). The van der Waals surface area contributed by atoms with Crippen LogP contribution in [0.3, 0.4) is 0 Å². The first kappa shape index (κ1) is 15.1. The molecule has 1 heterocycles. The number of carbonyl (C=O) groups excluding carboxylic acids is 1. The van der Waals surface area contributed by atoms with Crippen LogP contribution in [-0.2, 0) is 9.53 Å². The van der Waals surface area contributed by atoms with E-state index in [9.17, 15) is 4.79 Å². The molecule has 0 saturated carbocycles. The number of hydrogen-bond donors (Lipinski definition) is 2. The van der Waals surface area contributed by atoms with Gasteiger partial charge in [0, 0.05) is 38.0 Å². The summed E-state index contributed by atoms with van der Waals surface area (Å²) in [6, 6.07) is 7.52. The second-order valence-electron chi connectivity index (χ2n) is 4.77. The van der Waals surface area contributed by atoms with Crippen molar-refractivity contribution in [3.63, 3.8) is 0 Å². The van der Waals surface area contributed by atoms with Gasteiger partial charge in [-0.3, -0.25) is 9.78 Å². The van der Waals surface area contributed by atoms with Gasteiger partial charge in [0.15, 0.2) is 0 Å². The summed E-state index contributed by atoms with van der Waals surface area (Å²) in [4.78, 5) is 18.0. The number of carbonyl (C=O) groups is 1. The molecule has 6 nitrogen and oxygen atoms in total. The average molecular weight is 288 g/mol. The molecule has 0 fully saturated rings. The van der Waals surface area contributed by atoms with Crippen LogP contribution in [-0.4, -0.2) is 44.7 Å². The van der Waals surface area contributed by atoms with E-state index in [2.05, 4.69) is 10.3 Å². The number of likely N-dealkylation sites (N-methyl/N-ethyl adjacent to an activating group) is 1. The maximum absolute atomic E-state index is 11.9. The highest BCUT2D eigenvalue weighted by atomic mass is 16.5. The predicted molar refractivity (Wildman–Crippen MR) is 84.3 cm³/mol. The Balaban J connectivity index is 2.14. The van der Waals surface area contributed by atoms with Crippen LogP contribution in [0.15, 0.2) is 30.5 Å². The summed E-state index contributed by atoms with van der Waals surface area (Å²) in [5.41, 5.74) is 8.24. The fourth-order valence-electron chi connectivity index (χ4n) is 2.16. The highest BCUT2D eigenvalue weighted by Crippen LogP contribution is 2.28. The molecule has 112 valence electrons. The number of hydrogen-bond acceptors (Lipinski definition) is 5. The molecule has 21 heavy (non-hydrogen) atoms. The van der Waals surface area contributed by atoms with Crippen LogP contribution in [0, 0.1) is 0 Å². The second-order valence-corrected chi connectivity index (χ2v) is 4.77. The van der Waals surface area contributed by atoms with E-state index >= 15 is 0 Å². The Hall–Kier alpha value is -2.34. The Kier molecular flexibility index (Phi) is 4.94. The van der Waals surface area contributed by atoms with Gasteiger partial charge in [-0.25, -0.2) is 0 Å². The van der Waals surface area contributed by atoms with E-state index in [0.29, 0.717) is 18.8 Å². The van der Waals surface area contributed by atoms with Gasteiger partial charge in [-0.2, -0.15) is 0 Å². The molecule has 0 bridgehead atoms. The molecule has 2 rings (SSSR count). The van der Waals surface area contributed by atoms with E-state index in [1.54, 1.807) is 13.3 Å². The number of methoxy groups -OCH3 is 1. The van der Waals surface area contributed by atoms with Crippen LogP contribution in [0.5, 0.6) is 0 Å². The normalized spacial score (nSPS) is 10.6. The fourth-order valence-corrected chi connectivity index (χ4v) is 2.16. The SMILES string of the molecule is COCCNC(=O)CN(C)c1ccc(N)c2ncccc12. The van der Waals surface area contributed by atoms with Crippen molar-refractivity contribution in [2.45, 2.75) is 0 Å². The number of rotatable bonds is 6. The van der Waals surface area contributed by atoms with Crippen LogP contribution in [0.1, 0.15) is 0 Å². The Labute approximate surface area is 123 Å². The molecule has 0 spiro atoms. The zero-order valence-electron chi connectivity index (χ0n) is 12.3. The third-order valence-corrected chi connectivity index (χ3v) is 3.20. The second kappa shape index (κ2) is 6.90. The van der Waals surface area contributed by atoms with Crippen molar-refractivity contribution in [1.29, 1.82) is 0 Å². The lowest BCUT2D eigenvalue weighted by molar-refractivity contribution is -0.119. The number of nitrogen functional groups attached to an aromatic ring is 1. The molecular weight excluding hydrogens is 268 g/mol. The van der Waals surface area contributed by atoms with Gasteiger partial charge < -0.3 is 20.7 Å². The first-order valence-electron chi connectivity index (χ1n) is 6.73. The van der Waals surface area contributed by atoms with Crippen molar-refractivity contribution in [3.8, 4) is 0 Å². The largest absolute Gasteiger partial charge is 0.397 e. The predicted octanol–water partition coefficient (Wildman–Crippen LogP) is 1.02. The maximum Gasteiger partial charge on any atom is 0.239 e. The van der Waals surface area contributed by atoms with E-state index in [4.69, 9.17) is 10.5 Å². The van der Waals surface area contributed by atoms with Crippen LogP contribution >= 0.6 is 0 Å². The molecular formula is C15H20N4O2. The lowest BCUT2D eigenvalue weighted by Gasteiger charge is -2.21. The first-order valence-corrected chi connectivity index (χ1v) is 6.73. The lowest BCUT2D eigenvalue weighted by atomic mass is 10.1. The van der Waals surface area contributed by atoms with Gasteiger partial charge in [0.05, 0.1) is 24.4 Å². The Morgan fingerprint density at radius 3 is 3.00 bits per heavy atom. The minimum absolute atomic E-state index is 0.0524. The van der Waals surface area contributed by atoms with Crippen molar-refractivity contribution in [2.24, 2.45) is 0 Å². The van der Waals surface area contributed by atoms with Crippen molar-refractivity contribution in [3.05, 3.63) is 30.5 Å². The van der Waals surface area contributed by atoms with Gasteiger partial charge in [0.2, 0.25) is 5.91 Å². The molecule has 1 amide bonds. The number of nitrogens with two attached hydrogens (primary N) is 1. The van der Waals surface area contributed by atoms with Gasteiger partial charge in [-0.15, -0.1) is 0 Å². The van der Waals surface area contributed by atoms with Crippen LogP contribution in [0.4, 0.5) is 11.4 Å². The number of anilines is 2. The lowest BCUT2D eigenvalue weighted by Crippen LogP contribution is -2.36. The van der Waals surface area contributed by atoms with Crippen molar-refractivity contribution in [1.82, 2.24) is 10.3 Å². The highest BCUT2D eigenvalue weighted by Gasteiger charge is 2.11. The van der Waals surface area contributed by atoms with Crippen LogP contribution in [0.25, 0.3) is 10.9 Å². The zero-order valence-corrected chi connectivity index (χ0v) is 12.3. The first-order chi connectivity index (χ1) is 10.1. The molecule has 0 saturated heterocycles. The van der Waals surface area contributed by atoms with E-state index in [1.807, 2.05) is 36.2 Å². The summed E-state index contributed by atoms with van der Waals surface area (Å²) in [6.07, 6.45) is 1.71. The summed E-state index contributed by atoms with van der Waals surface area (Å²) in [7, 11) is 3.47. The van der Waals surface area contributed by atoms with E-state index < -0.39 is 0 Å². The minimum atomic E-state index is -0.0524. The zero-order chi connectivity index (χ0) is 15.2. The van der Waals surface area contributed by atoms with Gasteiger partial charge in [-0.1, -0.05) is 0 Å². The van der Waals surface area contributed by atoms with Crippen molar-refractivity contribution in [2.75, 3.05) is 44.5 Å². The summed E-state index contributed by atoms with van der Waals surface area (Å²) in [6.45, 7) is 1.27.